The quantitative estimate of drug-likeness (QED) is 0.725. The molecule has 1 rings (SSSR count). The lowest BCUT2D eigenvalue weighted by Gasteiger charge is -2.21. The zero-order valence-electron chi connectivity index (χ0n) is 10.6. The van der Waals surface area contributed by atoms with Crippen molar-refractivity contribution in [3.8, 4) is 0 Å². The zero-order valence-corrected chi connectivity index (χ0v) is 10.6. The Kier molecular flexibility index (Phi) is 5.38. The van der Waals surface area contributed by atoms with Gasteiger partial charge >= 0.3 is 0 Å². The van der Waals surface area contributed by atoms with Crippen molar-refractivity contribution in [3.63, 3.8) is 0 Å². The van der Waals surface area contributed by atoms with Crippen LogP contribution in [0.3, 0.4) is 0 Å². The summed E-state index contributed by atoms with van der Waals surface area (Å²) in [5.41, 5.74) is 6.68. The normalized spacial score (nSPS) is 14.8. The van der Waals surface area contributed by atoms with Crippen molar-refractivity contribution in [2.24, 2.45) is 11.7 Å². The van der Waals surface area contributed by atoms with Crippen LogP contribution in [0.1, 0.15) is 18.5 Å². The highest BCUT2D eigenvalue weighted by atomic mass is 19.3. The van der Waals surface area contributed by atoms with E-state index in [0.29, 0.717) is 0 Å². The highest BCUT2D eigenvalue weighted by Gasteiger charge is 2.30. The number of halogens is 2. The van der Waals surface area contributed by atoms with E-state index in [1.165, 1.54) is 0 Å². The van der Waals surface area contributed by atoms with Crippen molar-refractivity contribution in [2.45, 2.75) is 18.9 Å². The molecule has 0 saturated heterocycles. The van der Waals surface area contributed by atoms with Crippen LogP contribution in [0.5, 0.6) is 0 Å². The van der Waals surface area contributed by atoms with E-state index in [4.69, 9.17) is 10.8 Å². The molecule has 2 unspecified atom stereocenters. The van der Waals surface area contributed by atoms with E-state index >= 15 is 0 Å². The Morgan fingerprint density at radius 3 is 2.53 bits per heavy atom. The summed E-state index contributed by atoms with van der Waals surface area (Å²) in [4.78, 5) is 11.7. The maximum Gasteiger partial charge on any atom is 0.287 e. The molecule has 106 valence electrons. The average Bonchev–Trinajstić information content (AvgIpc) is 2.44. The molecule has 0 aromatic heterocycles. The summed E-state index contributed by atoms with van der Waals surface area (Å²) >= 11 is 0. The van der Waals surface area contributed by atoms with E-state index in [-0.39, 0.29) is 0 Å². The maximum absolute atomic E-state index is 12.8. The van der Waals surface area contributed by atoms with Crippen molar-refractivity contribution in [2.75, 3.05) is 13.2 Å². The van der Waals surface area contributed by atoms with E-state index in [0.717, 1.165) is 5.56 Å². The Hall–Kier alpha value is -1.53. The maximum atomic E-state index is 12.8. The highest BCUT2D eigenvalue weighted by Crippen LogP contribution is 2.19. The van der Waals surface area contributed by atoms with Crippen LogP contribution in [0, 0.1) is 5.92 Å². The molecule has 0 aliphatic heterocycles. The van der Waals surface area contributed by atoms with Gasteiger partial charge in [0.25, 0.3) is 5.92 Å². The van der Waals surface area contributed by atoms with Crippen LogP contribution >= 0.6 is 0 Å². The third-order valence-electron chi connectivity index (χ3n) is 2.89. The summed E-state index contributed by atoms with van der Waals surface area (Å²) in [5.74, 6) is -4.52. The first-order valence-corrected chi connectivity index (χ1v) is 5.94. The number of nitrogens with one attached hydrogen (secondary N) is 1. The first-order valence-electron chi connectivity index (χ1n) is 5.94. The molecule has 1 aromatic rings. The van der Waals surface area contributed by atoms with E-state index < -0.39 is 36.9 Å². The van der Waals surface area contributed by atoms with Crippen molar-refractivity contribution in [3.05, 3.63) is 35.9 Å². The van der Waals surface area contributed by atoms with Gasteiger partial charge in [-0.25, -0.2) is 8.78 Å². The van der Waals surface area contributed by atoms with Crippen LogP contribution in [-0.4, -0.2) is 30.1 Å². The fourth-order valence-electron chi connectivity index (χ4n) is 1.56. The molecule has 0 radical (unpaired) electrons. The molecule has 0 bridgehead atoms. The number of aliphatic hydroxyl groups excluding tert-OH is 1. The smallest absolute Gasteiger partial charge is 0.287 e. The molecular formula is C13H18F2N2O2. The van der Waals surface area contributed by atoms with Gasteiger partial charge in [-0.15, -0.1) is 0 Å². The lowest BCUT2D eigenvalue weighted by molar-refractivity contribution is -0.128. The number of hydrogen-bond acceptors (Lipinski definition) is 3. The minimum absolute atomic E-state index is 0.565. The lowest BCUT2D eigenvalue weighted by Crippen LogP contribution is -2.43. The molecule has 1 aromatic carbocycles. The number of benzene rings is 1. The Labute approximate surface area is 110 Å². The fourth-order valence-corrected chi connectivity index (χ4v) is 1.56. The summed E-state index contributed by atoms with van der Waals surface area (Å²) in [6.07, 6.45) is 0. The molecule has 0 saturated carbocycles. The van der Waals surface area contributed by atoms with Gasteiger partial charge in [0, 0.05) is 6.04 Å². The number of amides is 1. The summed E-state index contributed by atoms with van der Waals surface area (Å²) in [7, 11) is 0. The first kappa shape index (κ1) is 15.5. The van der Waals surface area contributed by atoms with E-state index in [9.17, 15) is 13.6 Å². The molecule has 0 spiro atoms. The minimum Gasteiger partial charge on any atom is -0.390 e. The number of rotatable bonds is 6. The molecule has 1 amide bonds. The lowest BCUT2D eigenvalue weighted by atomic mass is 9.94. The first-order chi connectivity index (χ1) is 8.87. The van der Waals surface area contributed by atoms with E-state index in [1.54, 1.807) is 31.2 Å². The number of alkyl halides is 2. The molecule has 4 N–H and O–H groups in total. The van der Waals surface area contributed by atoms with E-state index in [2.05, 4.69) is 5.32 Å². The van der Waals surface area contributed by atoms with Gasteiger partial charge in [0.1, 0.15) is 6.61 Å². The second kappa shape index (κ2) is 6.58. The van der Waals surface area contributed by atoms with Gasteiger partial charge in [-0.1, -0.05) is 37.3 Å². The van der Waals surface area contributed by atoms with Crippen LogP contribution in [0.4, 0.5) is 8.78 Å². The summed E-state index contributed by atoms with van der Waals surface area (Å²) in [5, 5.41) is 10.5. The van der Waals surface area contributed by atoms with Crippen molar-refractivity contribution in [1.82, 2.24) is 5.32 Å². The van der Waals surface area contributed by atoms with Gasteiger partial charge in [-0.3, -0.25) is 4.79 Å². The monoisotopic (exact) mass is 272 g/mol. The Balaban J connectivity index is 2.58. The summed E-state index contributed by atoms with van der Waals surface area (Å²) in [6.45, 7) is -0.620. The third kappa shape index (κ3) is 4.57. The van der Waals surface area contributed by atoms with Gasteiger partial charge in [0.05, 0.1) is 12.5 Å². The zero-order chi connectivity index (χ0) is 14.5. The van der Waals surface area contributed by atoms with Crippen molar-refractivity contribution >= 4 is 5.91 Å². The molecule has 4 nitrogen and oxygen atoms in total. The Bertz CT molecular complexity index is 412. The van der Waals surface area contributed by atoms with E-state index in [1.807, 2.05) is 6.07 Å². The molecule has 0 aliphatic rings. The predicted octanol–water partition coefficient (Wildman–Crippen LogP) is 1.07. The molecule has 19 heavy (non-hydrogen) atoms. The average molecular weight is 272 g/mol. The van der Waals surface area contributed by atoms with Gasteiger partial charge in [0.2, 0.25) is 5.91 Å². The number of aliphatic hydroxyl groups is 1. The van der Waals surface area contributed by atoms with Crippen LogP contribution in [0.15, 0.2) is 30.3 Å². The summed E-state index contributed by atoms with van der Waals surface area (Å²) < 4.78 is 25.6. The van der Waals surface area contributed by atoms with Crippen LogP contribution < -0.4 is 11.1 Å². The Morgan fingerprint density at radius 1 is 1.42 bits per heavy atom. The van der Waals surface area contributed by atoms with Crippen LogP contribution in [0.25, 0.3) is 0 Å². The Morgan fingerprint density at radius 2 is 2.00 bits per heavy atom. The third-order valence-corrected chi connectivity index (χ3v) is 2.89. The second-order valence-electron chi connectivity index (χ2n) is 4.46. The largest absolute Gasteiger partial charge is 0.390 e. The SMILES string of the molecule is CC(C(=O)NCC(F)(F)CO)C(N)c1ccccc1. The molecule has 0 fully saturated rings. The number of hydrogen-bond donors (Lipinski definition) is 3. The van der Waals surface area contributed by atoms with Gasteiger partial charge in [0.15, 0.2) is 0 Å². The molecule has 6 heteroatoms. The van der Waals surface area contributed by atoms with Gasteiger partial charge in [-0.05, 0) is 5.56 Å². The van der Waals surface area contributed by atoms with Gasteiger partial charge < -0.3 is 16.2 Å². The van der Waals surface area contributed by atoms with Crippen LogP contribution in [0.2, 0.25) is 0 Å². The highest BCUT2D eigenvalue weighted by molar-refractivity contribution is 5.79. The second-order valence-corrected chi connectivity index (χ2v) is 4.46. The minimum atomic E-state index is -3.31. The number of carbonyl (C=O) groups excluding carboxylic acids is 1. The number of nitrogens with two attached hydrogens (primary N) is 1. The predicted molar refractivity (Wildman–Crippen MR) is 67.6 cm³/mol. The topological polar surface area (TPSA) is 75.3 Å². The number of carbonyl (C=O) groups is 1. The van der Waals surface area contributed by atoms with Crippen molar-refractivity contribution in [1.29, 1.82) is 0 Å². The molecular weight excluding hydrogens is 254 g/mol. The standard InChI is InChI=1S/C13H18F2N2O2/c1-9(11(16)10-5-3-2-4-6-10)12(19)17-7-13(14,15)8-18/h2-6,9,11,18H,7-8,16H2,1H3,(H,17,19). The van der Waals surface area contributed by atoms with Crippen molar-refractivity contribution < 1.29 is 18.7 Å². The van der Waals surface area contributed by atoms with Gasteiger partial charge in [-0.2, -0.15) is 0 Å². The fraction of sp³-hybridized carbons (Fsp3) is 0.462. The van der Waals surface area contributed by atoms with Crippen LogP contribution in [-0.2, 0) is 4.79 Å². The molecule has 0 heterocycles. The molecule has 2 atom stereocenters. The molecule has 0 aliphatic carbocycles. The summed E-state index contributed by atoms with van der Waals surface area (Å²) in [6, 6.07) is 8.39.